The minimum Gasteiger partial charge on any atom is -0.393 e. The lowest BCUT2D eigenvalue weighted by molar-refractivity contribution is 0.0546. The summed E-state index contributed by atoms with van der Waals surface area (Å²) in [6.45, 7) is 1.23. The summed E-state index contributed by atoms with van der Waals surface area (Å²) in [7, 11) is 0. The van der Waals surface area contributed by atoms with Gasteiger partial charge in [-0.3, -0.25) is 4.79 Å². The topological polar surface area (TPSA) is 79.5 Å². The van der Waals surface area contributed by atoms with Gasteiger partial charge in [-0.1, -0.05) is 11.3 Å². The zero-order valence-corrected chi connectivity index (χ0v) is 11.2. The lowest BCUT2D eigenvalue weighted by Crippen LogP contribution is -2.40. The van der Waals surface area contributed by atoms with Gasteiger partial charge in [0.05, 0.1) is 16.3 Å². The molecular formula is C13H15N3O2S. The van der Waals surface area contributed by atoms with E-state index in [-0.39, 0.29) is 12.0 Å². The zero-order chi connectivity index (χ0) is 13.4. The minimum absolute atomic E-state index is 0.0146. The molecule has 19 heavy (non-hydrogen) atoms. The lowest BCUT2D eigenvalue weighted by Gasteiger charge is -2.29. The largest absolute Gasteiger partial charge is 0.393 e. The number of aliphatic hydroxyl groups excluding tert-OH is 1. The molecule has 0 unspecified atom stereocenters. The number of fused-ring (bicyclic) bond motifs is 1. The highest BCUT2D eigenvalue weighted by Crippen LogP contribution is 2.25. The van der Waals surface area contributed by atoms with Crippen LogP contribution in [0.25, 0.3) is 10.2 Å². The molecule has 100 valence electrons. The van der Waals surface area contributed by atoms with Crippen LogP contribution in [0.1, 0.15) is 23.2 Å². The molecule has 0 aliphatic carbocycles. The normalized spacial score (nSPS) is 17.0. The van der Waals surface area contributed by atoms with Crippen molar-refractivity contribution < 1.29 is 9.90 Å². The second-order valence-corrected chi connectivity index (χ2v) is 5.82. The van der Waals surface area contributed by atoms with E-state index in [2.05, 4.69) is 4.98 Å². The first-order valence-electron chi connectivity index (χ1n) is 6.27. The van der Waals surface area contributed by atoms with Gasteiger partial charge < -0.3 is 15.7 Å². The Morgan fingerprint density at radius 1 is 1.42 bits per heavy atom. The molecule has 6 heteroatoms. The highest BCUT2D eigenvalue weighted by molar-refractivity contribution is 7.22. The fourth-order valence-corrected chi connectivity index (χ4v) is 3.10. The van der Waals surface area contributed by atoms with Crippen molar-refractivity contribution in [2.75, 3.05) is 18.8 Å². The van der Waals surface area contributed by atoms with Crippen molar-refractivity contribution in [3.8, 4) is 0 Å². The van der Waals surface area contributed by atoms with Crippen molar-refractivity contribution in [2.24, 2.45) is 0 Å². The van der Waals surface area contributed by atoms with Gasteiger partial charge in [0.15, 0.2) is 5.13 Å². The number of hydrogen-bond donors (Lipinski definition) is 2. The van der Waals surface area contributed by atoms with E-state index >= 15 is 0 Å². The number of aromatic nitrogens is 1. The Balaban J connectivity index is 1.84. The Hall–Kier alpha value is -1.66. The number of carbonyl (C=O) groups excluding carboxylic acids is 1. The molecule has 3 N–H and O–H groups in total. The van der Waals surface area contributed by atoms with Gasteiger partial charge >= 0.3 is 0 Å². The van der Waals surface area contributed by atoms with Crippen molar-refractivity contribution in [1.82, 2.24) is 9.88 Å². The van der Waals surface area contributed by atoms with Crippen LogP contribution in [0.4, 0.5) is 5.13 Å². The summed E-state index contributed by atoms with van der Waals surface area (Å²) < 4.78 is 0.931. The number of nitrogens with two attached hydrogens (primary N) is 1. The Labute approximate surface area is 114 Å². The molecule has 3 rings (SSSR count). The molecule has 1 amide bonds. The van der Waals surface area contributed by atoms with E-state index in [1.165, 1.54) is 11.3 Å². The second-order valence-electron chi connectivity index (χ2n) is 4.76. The Bertz CT molecular complexity index is 617. The number of hydrogen-bond acceptors (Lipinski definition) is 5. The molecule has 1 aromatic heterocycles. The van der Waals surface area contributed by atoms with E-state index in [1.54, 1.807) is 11.0 Å². The minimum atomic E-state index is -0.271. The fourth-order valence-electron chi connectivity index (χ4n) is 2.33. The van der Waals surface area contributed by atoms with E-state index in [0.29, 0.717) is 36.6 Å². The van der Waals surface area contributed by atoms with Crippen LogP contribution in [0.5, 0.6) is 0 Å². The van der Waals surface area contributed by atoms with Gasteiger partial charge in [-0.15, -0.1) is 0 Å². The highest BCUT2D eigenvalue weighted by atomic mass is 32.1. The van der Waals surface area contributed by atoms with Gasteiger partial charge in [0.2, 0.25) is 0 Å². The smallest absolute Gasteiger partial charge is 0.253 e. The summed E-state index contributed by atoms with van der Waals surface area (Å²) in [4.78, 5) is 18.3. The third-order valence-electron chi connectivity index (χ3n) is 3.40. The number of rotatable bonds is 1. The number of piperidine rings is 1. The standard InChI is InChI=1S/C13H15N3O2S/c14-13-15-10-2-1-8(7-11(10)19-13)12(18)16-5-3-9(17)4-6-16/h1-2,7,9,17H,3-6H2,(H2,14,15). The van der Waals surface area contributed by atoms with E-state index in [1.807, 2.05) is 12.1 Å². The summed E-state index contributed by atoms with van der Waals surface area (Å²) in [6.07, 6.45) is 1.04. The number of benzene rings is 1. The van der Waals surface area contributed by atoms with Crippen LogP contribution in [0.2, 0.25) is 0 Å². The van der Waals surface area contributed by atoms with Crippen LogP contribution in [-0.2, 0) is 0 Å². The van der Waals surface area contributed by atoms with Crippen molar-refractivity contribution in [2.45, 2.75) is 18.9 Å². The molecule has 1 aromatic carbocycles. The Kier molecular flexibility index (Phi) is 3.12. The maximum absolute atomic E-state index is 12.4. The van der Waals surface area contributed by atoms with Gasteiger partial charge in [0.1, 0.15) is 0 Å². The van der Waals surface area contributed by atoms with Gasteiger partial charge in [0.25, 0.3) is 5.91 Å². The van der Waals surface area contributed by atoms with Gasteiger partial charge in [-0.05, 0) is 31.0 Å². The third-order valence-corrected chi connectivity index (χ3v) is 4.25. The number of anilines is 1. The molecule has 1 saturated heterocycles. The molecule has 2 heterocycles. The molecule has 1 aliphatic heterocycles. The molecule has 0 bridgehead atoms. The summed E-state index contributed by atoms with van der Waals surface area (Å²) >= 11 is 1.39. The van der Waals surface area contributed by atoms with Crippen LogP contribution in [-0.4, -0.2) is 40.1 Å². The predicted molar refractivity (Wildman–Crippen MR) is 75.2 cm³/mol. The average molecular weight is 277 g/mol. The summed E-state index contributed by atoms with van der Waals surface area (Å²) in [6, 6.07) is 5.46. The Morgan fingerprint density at radius 3 is 2.89 bits per heavy atom. The van der Waals surface area contributed by atoms with Gasteiger partial charge in [-0.25, -0.2) is 4.98 Å². The maximum atomic E-state index is 12.4. The number of likely N-dealkylation sites (tertiary alicyclic amines) is 1. The first kappa shape index (κ1) is 12.4. The van der Waals surface area contributed by atoms with E-state index in [4.69, 9.17) is 5.73 Å². The van der Waals surface area contributed by atoms with Crippen LogP contribution in [0.3, 0.4) is 0 Å². The molecule has 0 radical (unpaired) electrons. The lowest BCUT2D eigenvalue weighted by atomic mass is 10.1. The monoisotopic (exact) mass is 277 g/mol. The quantitative estimate of drug-likeness (QED) is 0.827. The average Bonchev–Trinajstić information content (AvgIpc) is 2.77. The van der Waals surface area contributed by atoms with E-state index in [0.717, 1.165) is 10.2 Å². The van der Waals surface area contributed by atoms with Crippen molar-refractivity contribution in [3.63, 3.8) is 0 Å². The van der Waals surface area contributed by atoms with E-state index < -0.39 is 0 Å². The number of carbonyl (C=O) groups is 1. The number of amides is 1. The van der Waals surface area contributed by atoms with E-state index in [9.17, 15) is 9.90 Å². The predicted octanol–water partition coefficient (Wildman–Crippen LogP) is 1.48. The molecule has 5 nitrogen and oxygen atoms in total. The van der Waals surface area contributed by atoms with Crippen LogP contribution >= 0.6 is 11.3 Å². The zero-order valence-electron chi connectivity index (χ0n) is 10.4. The van der Waals surface area contributed by atoms with Gasteiger partial charge in [-0.2, -0.15) is 0 Å². The fraction of sp³-hybridized carbons (Fsp3) is 0.385. The third kappa shape index (κ3) is 2.41. The molecule has 2 aromatic rings. The first-order chi connectivity index (χ1) is 9.13. The molecule has 1 aliphatic rings. The van der Waals surface area contributed by atoms with Crippen molar-refractivity contribution in [1.29, 1.82) is 0 Å². The van der Waals surface area contributed by atoms with Crippen molar-refractivity contribution in [3.05, 3.63) is 23.8 Å². The van der Waals surface area contributed by atoms with Gasteiger partial charge in [0, 0.05) is 18.7 Å². The highest BCUT2D eigenvalue weighted by Gasteiger charge is 2.22. The SMILES string of the molecule is Nc1nc2ccc(C(=O)N3CCC(O)CC3)cc2s1. The second kappa shape index (κ2) is 4.79. The maximum Gasteiger partial charge on any atom is 0.253 e. The van der Waals surface area contributed by atoms with Crippen LogP contribution in [0, 0.1) is 0 Å². The number of nitrogens with zero attached hydrogens (tertiary/aromatic N) is 2. The van der Waals surface area contributed by atoms with Crippen LogP contribution in [0.15, 0.2) is 18.2 Å². The summed E-state index contributed by atoms with van der Waals surface area (Å²) in [5.74, 6) is 0.0146. The molecule has 0 atom stereocenters. The Morgan fingerprint density at radius 2 is 2.16 bits per heavy atom. The van der Waals surface area contributed by atoms with Crippen LogP contribution < -0.4 is 5.73 Å². The summed E-state index contributed by atoms with van der Waals surface area (Å²) in [5, 5.41) is 9.98. The summed E-state index contributed by atoms with van der Waals surface area (Å²) in [5.41, 5.74) is 7.15. The number of thiazole rings is 1. The molecular weight excluding hydrogens is 262 g/mol. The molecule has 0 spiro atoms. The van der Waals surface area contributed by atoms with Crippen molar-refractivity contribution >= 4 is 32.6 Å². The first-order valence-corrected chi connectivity index (χ1v) is 7.08. The number of nitrogen functional groups attached to an aromatic ring is 1. The molecule has 1 fully saturated rings. The number of aliphatic hydroxyl groups is 1. The molecule has 0 saturated carbocycles.